The van der Waals surface area contributed by atoms with Crippen LogP contribution in [0.2, 0.25) is 0 Å². The van der Waals surface area contributed by atoms with Crippen molar-refractivity contribution in [3.8, 4) is 22.4 Å². The highest BCUT2D eigenvalue weighted by Crippen LogP contribution is 2.34. The molecule has 3 heterocycles. The van der Waals surface area contributed by atoms with E-state index in [4.69, 9.17) is 10.1 Å². The number of rotatable bonds is 5. The summed E-state index contributed by atoms with van der Waals surface area (Å²) < 4.78 is 25.3. The van der Waals surface area contributed by atoms with E-state index in [1.807, 2.05) is 25.5 Å². The Morgan fingerprint density at radius 3 is 2.77 bits per heavy atom. The molecule has 4 aromatic rings. The van der Waals surface area contributed by atoms with Gasteiger partial charge in [0.15, 0.2) is 0 Å². The minimum atomic E-state index is -3.81. The van der Waals surface area contributed by atoms with Gasteiger partial charge >= 0.3 is 0 Å². The average Bonchev–Trinajstić information content (AvgIpc) is 3.30. The van der Waals surface area contributed by atoms with Crippen LogP contribution < -0.4 is 5.14 Å². The van der Waals surface area contributed by atoms with E-state index in [9.17, 15) is 8.42 Å². The standard InChI is InChI=1S/C21H20N6O2S/c1-27-12-15(11-23-27)17-10-19-21(24-18(17)8-7-13-5-6-13)20(26-25-19)14-3-2-4-16(9-14)30(22,28)29/h2-4,7-13H,5-6H2,1H3,(H,25,26)(H2,22,28,29)/b8-7+. The van der Waals surface area contributed by atoms with E-state index in [2.05, 4.69) is 27.4 Å². The predicted molar refractivity (Wildman–Crippen MR) is 115 cm³/mol. The van der Waals surface area contributed by atoms with Crippen molar-refractivity contribution in [2.24, 2.45) is 18.1 Å². The lowest BCUT2D eigenvalue weighted by Crippen LogP contribution is -2.11. The number of allylic oxidation sites excluding steroid dienone is 1. The Labute approximate surface area is 173 Å². The number of primary sulfonamides is 1. The third-order valence-electron chi connectivity index (χ3n) is 5.16. The Balaban J connectivity index is 1.68. The number of H-pyrrole nitrogens is 1. The Morgan fingerprint density at radius 2 is 2.07 bits per heavy atom. The van der Waals surface area contributed by atoms with E-state index in [-0.39, 0.29) is 4.90 Å². The molecule has 0 unspecified atom stereocenters. The molecule has 1 fully saturated rings. The summed E-state index contributed by atoms with van der Waals surface area (Å²) in [5.41, 5.74) is 5.39. The number of hydrogen-bond donors (Lipinski definition) is 2. The maximum absolute atomic E-state index is 11.7. The van der Waals surface area contributed by atoms with Gasteiger partial charge in [0, 0.05) is 29.9 Å². The zero-order valence-corrected chi connectivity index (χ0v) is 17.1. The number of aromatic amines is 1. The molecule has 152 valence electrons. The van der Waals surface area contributed by atoms with Crippen LogP contribution in [0.15, 0.2) is 53.7 Å². The van der Waals surface area contributed by atoms with E-state index in [1.165, 1.54) is 25.0 Å². The van der Waals surface area contributed by atoms with Crippen molar-refractivity contribution in [1.82, 2.24) is 25.0 Å². The highest BCUT2D eigenvalue weighted by Gasteiger charge is 2.19. The van der Waals surface area contributed by atoms with Crippen molar-refractivity contribution in [3.63, 3.8) is 0 Å². The smallest absolute Gasteiger partial charge is 0.238 e. The van der Waals surface area contributed by atoms with Gasteiger partial charge in [-0.15, -0.1) is 0 Å². The fourth-order valence-corrected chi connectivity index (χ4v) is 3.98. The van der Waals surface area contributed by atoms with Gasteiger partial charge in [0.2, 0.25) is 10.0 Å². The summed E-state index contributed by atoms with van der Waals surface area (Å²) in [6.45, 7) is 0. The van der Waals surface area contributed by atoms with Crippen LogP contribution in [0.3, 0.4) is 0 Å². The van der Waals surface area contributed by atoms with Gasteiger partial charge in [-0.25, -0.2) is 18.5 Å². The number of nitrogens with two attached hydrogens (primary N) is 1. The first-order valence-electron chi connectivity index (χ1n) is 9.58. The van der Waals surface area contributed by atoms with Gasteiger partial charge in [-0.1, -0.05) is 18.2 Å². The van der Waals surface area contributed by atoms with Crippen molar-refractivity contribution in [2.75, 3.05) is 0 Å². The summed E-state index contributed by atoms with van der Waals surface area (Å²) >= 11 is 0. The fourth-order valence-electron chi connectivity index (χ4n) is 3.42. The highest BCUT2D eigenvalue weighted by molar-refractivity contribution is 7.89. The fraction of sp³-hybridized carbons (Fsp3) is 0.190. The van der Waals surface area contributed by atoms with E-state index in [1.54, 1.807) is 16.8 Å². The minimum Gasteiger partial charge on any atom is -0.276 e. The maximum Gasteiger partial charge on any atom is 0.238 e. The van der Waals surface area contributed by atoms with Gasteiger partial charge in [0.25, 0.3) is 0 Å². The Morgan fingerprint density at radius 1 is 1.23 bits per heavy atom. The monoisotopic (exact) mass is 420 g/mol. The molecule has 0 saturated heterocycles. The Hall–Kier alpha value is -3.30. The number of fused-ring (bicyclic) bond motifs is 1. The number of hydrogen-bond acceptors (Lipinski definition) is 5. The minimum absolute atomic E-state index is 0.0389. The van der Waals surface area contributed by atoms with Crippen LogP contribution >= 0.6 is 0 Å². The number of nitrogens with zero attached hydrogens (tertiary/aromatic N) is 4. The number of aromatic nitrogens is 5. The van der Waals surface area contributed by atoms with Gasteiger partial charge in [0.05, 0.1) is 22.3 Å². The van der Waals surface area contributed by atoms with Gasteiger partial charge in [-0.05, 0) is 43.0 Å². The van der Waals surface area contributed by atoms with Crippen molar-refractivity contribution in [2.45, 2.75) is 17.7 Å². The van der Waals surface area contributed by atoms with Gasteiger partial charge in [-0.2, -0.15) is 10.2 Å². The van der Waals surface area contributed by atoms with E-state index >= 15 is 0 Å². The molecule has 1 aromatic carbocycles. The third-order valence-corrected chi connectivity index (χ3v) is 6.08. The van der Waals surface area contributed by atoms with Crippen LogP contribution in [-0.2, 0) is 17.1 Å². The Kier molecular flexibility index (Phi) is 4.30. The third kappa shape index (κ3) is 3.53. The van der Waals surface area contributed by atoms with Crippen molar-refractivity contribution < 1.29 is 8.42 Å². The second-order valence-corrected chi connectivity index (χ2v) is 9.12. The Bertz CT molecular complexity index is 1400. The quantitative estimate of drug-likeness (QED) is 0.514. The molecule has 5 rings (SSSR count). The molecule has 3 aromatic heterocycles. The normalized spacial score (nSPS) is 14.7. The summed E-state index contributed by atoms with van der Waals surface area (Å²) in [5, 5.41) is 17.0. The molecule has 3 N–H and O–H groups in total. The first-order chi connectivity index (χ1) is 14.4. The van der Waals surface area contributed by atoms with Gasteiger partial charge in [-0.3, -0.25) is 9.78 Å². The highest BCUT2D eigenvalue weighted by atomic mass is 32.2. The molecule has 0 spiro atoms. The number of pyridine rings is 1. The van der Waals surface area contributed by atoms with E-state index < -0.39 is 10.0 Å². The van der Waals surface area contributed by atoms with Crippen LogP contribution in [0.5, 0.6) is 0 Å². The van der Waals surface area contributed by atoms with Crippen LogP contribution in [0.25, 0.3) is 39.5 Å². The molecular weight excluding hydrogens is 400 g/mol. The molecule has 8 nitrogen and oxygen atoms in total. The van der Waals surface area contributed by atoms with Gasteiger partial charge in [0.1, 0.15) is 11.2 Å². The summed E-state index contributed by atoms with van der Waals surface area (Å²) in [6, 6.07) is 8.42. The molecule has 0 amide bonds. The van der Waals surface area contributed by atoms with Crippen LogP contribution in [0.4, 0.5) is 0 Å². The number of benzene rings is 1. The van der Waals surface area contributed by atoms with Gasteiger partial charge < -0.3 is 0 Å². The van der Waals surface area contributed by atoms with E-state index in [0.717, 1.165) is 22.3 Å². The largest absolute Gasteiger partial charge is 0.276 e. The molecule has 0 aliphatic heterocycles. The molecule has 1 aliphatic rings. The lowest BCUT2D eigenvalue weighted by molar-refractivity contribution is 0.598. The first-order valence-corrected chi connectivity index (χ1v) is 11.1. The van der Waals surface area contributed by atoms with E-state index in [0.29, 0.717) is 22.7 Å². The summed E-state index contributed by atoms with van der Waals surface area (Å²) in [6.07, 6.45) is 10.4. The summed E-state index contributed by atoms with van der Waals surface area (Å²) in [4.78, 5) is 4.93. The van der Waals surface area contributed by atoms with Crippen LogP contribution in [0.1, 0.15) is 18.5 Å². The van der Waals surface area contributed by atoms with Crippen LogP contribution in [-0.4, -0.2) is 33.4 Å². The summed E-state index contributed by atoms with van der Waals surface area (Å²) in [5.74, 6) is 0.611. The molecule has 0 radical (unpaired) electrons. The SMILES string of the molecule is Cn1cc(-c2cc3[nH]nc(-c4cccc(S(N)(=O)=O)c4)c3nc2/C=C/C2CC2)cn1. The van der Waals surface area contributed by atoms with Crippen LogP contribution in [0, 0.1) is 5.92 Å². The second-order valence-electron chi connectivity index (χ2n) is 7.56. The molecule has 0 bridgehead atoms. The zero-order valence-electron chi connectivity index (χ0n) is 16.3. The van der Waals surface area contributed by atoms with Crippen molar-refractivity contribution >= 4 is 27.1 Å². The number of nitrogens with one attached hydrogen (secondary N) is 1. The summed E-state index contributed by atoms with van der Waals surface area (Å²) in [7, 11) is -1.93. The first kappa shape index (κ1) is 18.7. The topological polar surface area (TPSA) is 120 Å². The number of sulfonamides is 1. The maximum atomic E-state index is 11.7. The predicted octanol–water partition coefficient (Wildman–Crippen LogP) is 3.10. The molecular formula is C21H20N6O2S. The average molecular weight is 420 g/mol. The van der Waals surface area contributed by atoms with Crippen molar-refractivity contribution in [3.05, 3.63) is 54.5 Å². The lowest BCUT2D eigenvalue weighted by atomic mass is 10.0. The van der Waals surface area contributed by atoms with Crippen molar-refractivity contribution in [1.29, 1.82) is 0 Å². The number of aryl methyl sites for hydroxylation is 1. The molecule has 1 saturated carbocycles. The lowest BCUT2D eigenvalue weighted by Gasteiger charge is -2.06. The second kappa shape index (κ2) is 6.89. The molecule has 1 aliphatic carbocycles. The molecule has 30 heavy (non-hydrogen) atoms. The molecule has 0 atom stereocenters. The zero-order chi connectivity index (χ0) is 20.9. The molecule has 9 heteroatoms.